The van der Waals surface area contributed by atoms with Crippen LogP contribution in [0, 0.1) is 12.7 Å². The van der Waals surface area contributed by atoms with Crippen LogP contribution < -0.4 is 10.6 Å². The molecule has 2 amide bonds. The van der Waals surface area contributed by atoms with Gasteiger partial charge >= 0.3 is 6.03 Å². The van der Waals surface area contributed by atoms with Gasteiger partial charge in [0.2, 0.25) is 0 Å². The van der Waals surface area contributed by atoms with Crippen molar-refractivity contribution in [2.45, 2.75) is 6.92 Å². The van der Waals surface area contributed by atoms with E-state index in [1.807, 2.05) is 0 Å². The third-order valence-corrected chi connectivity index (χ3v) is 2.91. The van der Waals surface area contributed by atoms with E-state index in [0.29, 0.717) is 24.3 Å². The number of rotatable bonds is 1. The number of urea groups is 1. The minimum atomic E-state index is -0.303. The fourth-order valence-electron chi connectivity index (χ4n) is 1.81. The molecule has 2 rings (SSSR count). The number of benzene rings is 1. The summed E-state index contributed by atoms with van der Waals surface area (Å²) in [4.78, 5) is 13.6. The van der Waals surface area contributed by atoms with Crippen molar-refractivity contribution in [3.8, 4) is 0 Å². The molecule has 92 valence electrons. The molecule has 0 radical (unpaired) electrons. The zero-order valence-electron chi connectivity index (χ0n) is 9.79. The van der Waals surface area contributed by atoms with E-state index in [9.17, 15) is 9.18 Å². The van der Waals surface area contributed by atoms with E-state index >= 15 is 0 Å². The normalized spacial score (nSPS) is 15.8. The molecule has 0 spiro atoms. The Morgan fingerprint density at radius 1 is 1.41 bits per heavy atom. The molecular formula is C12H16FN3O. The summed E-state index contributed by atoms with van der Waals surface area (Å²) in [7, 11) is 0. The highest BCUT2D eigenvalue weighted by Crippen LogP contribution is 2.17. The number of hydrogen-bond donors (Lipinski definition) is 2. The number of amides is 2. The molecule has 0 aliphatic carbocycles. The predicted molar refractivity (Wildman–Crippen MR) is 64.6 cm³/mol. The molecule has 4 nitrogen and oxygen atoms in total. The Labute approximate surface area is 99.8 Å². The molecule has 5 heteroatoms. The molecule has 17 heavy (non-hydrogen) atoms. The maximum absolute atomic E-state index is 13.3. The van der Waals surface area contributed by atoms with Gasteiger partial charge in [0, 0.05) is 37.4 Å². The number of nitrogens with one attached hydrogen (secondary N) is 2. The topological polar surface area (TPSA) is 44.4 Å². The molecular weight excluding hydrogens is 221 g/mol. The standard InChI is InChI=1S/C12H16FN3O/c1-9-10(13)3-2-4-11(9)15-12(17)16-7-5-14-6-8-16/h2-4,14H,5-8H2,1H3,(H,15,17). The second kappa shape index (κ2) is 5.14. The van der Waals surface area contributed by atoms with Crippen LogP contribution in [-0.2, 0) is 0 Å². The lowest BCUT2D eigenvalue weighted by atomic mass is 10.2. The van der Waals surface area contributed by atoms with Crippen molar-refractivity contribution in [1.29, 1.82) is 0 Å². The minimum absolute atomic E-state index is 0.166. The van der Waals surface area contributed by atoms with Gasteiger partial charge in [-0.25, -0.2) is 9.18 Å². The quantitative estimate of drug-likeness (QED) is 0.778. The third-order valence-electron chi connectivity index (χ3n) is 2.91. The molecule has 0 atom stereocenters. The van der Waals surface area contributed by atoms with E-state index in [0.717, 1.165) is 13.1 Å². The Balaban J connectivity index is 2.04. The van der Waals surface area contributed by atoms with Gasteiger partial charge in [0.25, 0.3) is 0 Å². The van der Waals surface area contributed by atoms with Crippen LogP contribution in [0.1, 0.15) is 5.56 Å². The van der Waals surface area contributed by atoms with Crippen LogP contribution in [0.15, 0.2) is 18.2 Å². The van der Waals surface area contributed by atoms with Crippen molar-refractivity contribution >= 4 is 11.7 Å². The number of carbonyl (C=O) groups is 1. The van der Waals surface area contributed by atoms with E-state index in [4.69, 9.17) is 0 Å². The smallest absolute Gasteiger partial charge is 0.321 e. The summed E-state index contributed by atoms with van der Waals surface area (Å²) in [6.45, 7) is 4.62. The summed E-state index contributed by atoms with van der Waals surface area (Å²) in [5, 5.41) is 5.91. The number of nitrogens with zero attached hydrogens (tertiary/aromatic N) is 1. The van der Waals surface area contributed by atoms with E-state index in [1.54, 1.807) is 24.0 Å². The Hall–Kier alpha value is -1.62. The van der Waals surface area contributed by atoms with Crippen LogP contribution in [0.2, 0.25) is 0 Å². The number of piperazine rings is 1. The van der Waals surface area contributed by atoms with Crippen molar-refractivity contribution in [1.82, 2.24) is 10.2 Å². The highest BCUT2D eigenvalue weighted by atomic mass is 19.1. The average molecular weight is 237 g/mol. The number of anilines is 1. The van der Waals surface area contributed by atoms with Gasteiger partial charge in [-0.05, 0) is 19.1 Å². The summed E-state index contributed by atoms with van der Waals surface area (Å²) in [5.74, 6) is -0.303. The lowest BCUT2D eigenvalue weighted by Gasteiger charge is -2.27. The van der Waals surface area contributed by atoms with Crippen molar-refractivity contribution in [2.75, 3.05) is 31.5 Å². The SMILES string of the molecule is Cc1c(F)cccc1NC(=O)N1CCNCC1. The molecule has 1 fully saturated rings. The van der Waals surface area contributed by atoms with Crippen molar-refractivity contribution in [3.05, 3.63) is 29.6 Å². The van der Waals surface area contributed by atoms with Crippen LogP contribution in [0.4, 0.5) is 14.9 Å². The summed E-state index contributed by atoms with van der Waals surface area (Å²) < 4.78 is 13.3. The van der Waals surface area contributed by atoms with Crippen LogP contribution in [0.25, 0.3) is 0 Å². The second-order valence-electron chi connectivity index (χ2n) is 4.08. The molecule has 1 aromatic carbocycles. The first-order valence-corrected chi connectivity index (χ1v) is 5.70. The fourth-order valence-corrected chi connectivity index (χ4v) is 1.81. The average Bonchev–Trinajstić information content (AvgIpc) is 2.36. The van der Waals surface area contributed by atoms with Crippen LogP contribution in [0.3, 0.4) is 0 Å². The fraction of sp³-hybridized carbons (Fsp3) is 0.417. The molecule has 1 aliphatic heterocycles. The molecule has 0 aromatic heterocycles. The van der Waals surface area contributed by atoms with Gasteiger partial charge in [0.05, 0.1) is 0 Å². The Bertz CT molecular complexity index is 416. The first kappa shape index (κ1) is 11.9. The maximum Gasteiger partial charge on any atom is 0.321 e. The molecule has 2 N–H and O–H groups in total. The van der Waals surface area contributed by atoms with E-state index < -0.39 is 0 Å². The highest BCUT2D eigenvalue weighted by Gasteiger charge is 2.16. The molecule has 1 aliphatic rings. The van der Waals surface area contributed by atoms with Crippen LogP contribution in [0.5, 0.6) is 0 Å². The Morgan fingerprint density at radius 2 is 2.12 bits per heavy atom. The van der Waals surface area contributed by atoms with Gasteiger partial charge in [0.1, 0.15) is 5.82 Å². The highest BCUT2D eigenvalue weighted by molar-refractivity contribution is 5.90. The van der Waals surface area contributed by atoms with Gasteiger partial charge in [0.15, 0.2) is 0 Å². The van der Waals surface area contributed by atoms with E-state index in [2.05, 4.69) is 10.6 Å². The largest absolute Gasteiger partial charge is 0.322 e. The lowest BCUT2D eigenvalue weighted by Crippen LogP contribution is -2.48. The maximum atomic E-state index is 13.3. The number of carbonyl (C=O) groups excluding carboxylic acids is 1. The second-order valence-corrected chi connectivity index (χ2v) is 4.08. The zero-order valence-corrected chi connectivity index (χ0v) is 9.79. The van der Waals surface area contributed by atoms with Gasteiger partial charge < -0.3 is 15.5 Å². The molecule has 1 saturated heterocycles. The van der Waals surface area contributed by atoms with Crippen LogP contribution in [-0.4, -0.2) is 37.1 Å². The summed E-state index contributed by atoms with van der Waals surface area (Å²) in [6.07, 6.45) is 0. The number of hydrogen-bond acceptors (Lipinski definition) is 2. The Kier molecular flexibility index (Phi) is 3.58. The molecule has 1 heterocycles. The van der Waals surface area contributed by atoms with Gasteiger partial charge in [-0.2, -0.15) is 0 Å². The summed E-state index contributed by atoms with van der Waals surface area (Å²) >= 11 is 0. The molecule has 0 unspecified atom stereocenters. The van der Waals surface area contributed by atoms with Crippen molar-refractivity contribution < 1.29 is 9.18 Å². The van der Waals surface area contributed by atoms with Gasteiger partial charge in [-0.15, -0.1) is 0 Å². The van der Waals surface area contributed by atoms with E-state index in [-0.39, 0.29) is 11.8 Å². The summed E-state index contributed by atoms with van der Waals surface area (Å²) in [5.41, 5.74) is 1.00. The predicted octanol–water partition coefficient (Wildman–Crippen LogP) is 1.57. The molecule has 0 bridgehead atoms. The first-order chi connectivity index (χ1) is 8.18. The van der Waals surface area contributed by atoms with Gasteiger partial charge in [-0.1, -0.05) is 6.07 Å². The summed E-state index contributed by atoms with van der Waals surface area (Å²) in [6, 6.07) is 4.52. The third kappa shape index (κ3) is 2.74. The van der Waals surface area contributed by atoms with E-state index in [1.165, 1.54) is 6.07 Å². The zero-order chi connectivity index (χ0) is 12.3. The van der Waals surface area contributed by atoms with Gasteiger partial charge in [-0.3, -0.25) is 0 Å². The minimum Gasteiger partial charge on any atom is -0.322 e. The Morgan fingerprint density at radius 3 is 2.82 bits per heavy atom. The lowest BCUT2D eigenvalue weighted by molar-refractivity contribution is 0.204. The molecule has 1 aromatic rings. The monoisotopic (exact) mass is 237 g/mol. The van der Waals surface area contributed by atoms with Crippen molar-refractivity contribution in [2.24, 2.45) is 0 Å². The number of halogens is 1. The molecule has 0 saturated carbocycles. The first-order valence-electron chi connectivity index (χ1n) is 5.70. The van der Waals surface area contributed by atoms with Crippen LogP contribution >= 0.6 is 0 Å². The van der Waals surface area contributed by atoms with Crippen molar-refractivity contribution in [3.63, 3.8) is 0 Å².